The predicted molar refractivity (Wildman–Crippen MR) is 169 cm³/mol. The molecule has 0 aliphatic carbocycles. The molecule has 10 nitrogen and oxygen atoms in total. The lowest BCUT2D eigenvalue weighted by atomic mass is 9.93. The highest BCUT2D eigenvalue weighted by Crippen LogP contribution is 2.36. The minimum Gasteiger partial charge on any atom is -0.495 e. The minimum absolute atomic E-state index is 0.354. The van der Waals surface area contributed by atoms with Gasteiger partial charge in [-0.25, -0.2) is 9.98 Å². The van der Waals surface area contributed by atoms with Crippen molar-refractivity contribution >= 4 is 28.5 Å². The maximum atomic E-state index is 6.32. The van der Waals surface area contributed by atoms with Crippen molar-refractivity contribution in [3.63, 3.8) is 0 Å². The summed E-state index contributed by atoms with van der Waals surface area (Å²) in [4.78, 5) is 17.0. The zero-order valence-electron chi connectivity index (χ0n) is 24.8. The fourth-order valence-corrected chi connectivity index (χ4v) is 5.87. The van der Waals surface area contributed by atoms with Gasteiger partial charge in [0.15, 0.2) is 0 Å². The summed E-state index contributed by atoms with van der Waals surface area (Å²) >= 11 is 0. The summed E-state index contributed by atoms with van der Waals surface area (Å²) in [5.74, 6) is 1.21. The topological polar surface area (TPSA) is 110 Å². The van der Waals surface area contributed by atoms with Crippen LogP contribution in [0, 0.1) is 0 Å². The molecular formula is C31H43N9O. The first kappa shape index (κ1) is 28.6. The van der Waals surface area contributed by atoms with E-state index in [1.54, 1.807) is 25.7 Å². The molecule has 4 heterocycles. The van der Waals surface area contributed by atoms with Crippen LogP contribution in [0.1, 0.15) is 38.7 Å². The second-order valence-corrected chi connectivity index (χ2v) is 11.0. The van der Waals surface area contributed by atoms with Crippen molar-refractivity contribution < 1.29 is 4.74 Å². The first-order valence-electron chi connectivity index (χ1n) is 14.5. The van der Waals surface area contributed by atoms with E-state index in [0.29, 0.717) is 24.0 Å². The number of aromatic amines is 1. The Morgan fingerprint density at radius 2 is 1.95 bits per heavy atom. The number of nitrogens with zero attached hydrogens (tertiary/aromatic N) is 6. The third-order valence-electron chi connectivity index (χ3n) is 8.38. The van der Waals surface area contributed by atoms with Crippen LogP contribution < -0.4 is 20.7 Å². The quantitative estimate of drug-likeness (QED) is 0.448. The number of anilines is 2. The van der Waals surface area contributed by atoms with Gasteiger partial charge in [0.2, 0.25) is 0 Å². The van der Waals surface area contributed by atoms with Gasteiger partial charge >= 0.3 is 0 Å². The highest BCUT2D eigenvalue weighted by molar-refractivity contribution is 6.51. The molecule has 41 heavy (non-hydrogen) atoms. The number of aliphatic imine (C=N–C) groups is 2. The standard InChI is InChI=1S/C31H43N9O/c1-6-27(22(3)36-24-18-34-35-19-24)37-30-21(2)26(20-33-31(30)32)23-7-8-28(29(17-23)41-5)40-11-9-25(10-12-40)39-15-13-38(4)14-16-39/h7-8,17-20,25,36H,2,6,9-16H2,1,3-5H3,(H2,32,33)(H,34,35)/b27-22+,37-30+. The summed E-state index contributed by atoms with van der Waals surface area (Å²) < 4.78 is 5.90. The largest absolute Gasteiger partial charge is 0.495 e. The molecule has 0 spiro atoms. The number of piperidine rings is 1. The van der Waals surface area contributed by atoms with E-state index in [2.05, 4.69) is 74.0 Å². The van der Waals surface area contributed by atoms with E-state index in [1.165, 1.54) is 25.9 Å². The molecule has 2 aromatic rings. The number of amidine groups is 1. The third kappa shape index (κ3) is 6.39. The molecule has 0 radical (unpaired) electrons. The Morgan fingerprint density at radius 3 is 2.61 bits per heavy atom. The minimum atomic E-state index is 0.354. The van der Waals surface area contributed by atoms with Crippen LogP contribution in [-0.2, 0) is 0 Å². The average molecular weight is 558 g/mol. The molecule has 0 saturated carbocycles. The molecule has 10 heteroatoms. The molecule has 4 N–H and O–H groups in total. The highest BCUT2D eigenvalue weighted by Gasteiger charge is 2.28. The second-order valence-electron chi connectivity index (χ2n) is 11.0. The Balaban J connectivity index is 1.32. The van der Waals surface area contributed by atoms with E-state index in [1.807, 2.05) is 6.92 Å². The van der Waals surface area contributed by atoms with Crippen LogP contribution >= 0.6 is 0 Å². The van der Waals surface area contributed by atoms with Gasteiger partial charge in [0.1, 0.15) is 17.3 Å². The van der Waals surface area contributed by atoms with Crippen LogP contribution in [0.15, 0.2) is 70.3 Å². The number of nitrogens with one attached hydrogen (secondary N) is 2. The van der Waals surface area contributed by atoms with Crippen molar-refractivity contribution in [3.05, 3.63) is 65.9 Å². The monoisotopic (exact) mass is 557 g/mol. The smallest absolute Gasteiger partial charge is 0.149 e. The second kappa shape index (κ2) is 12.7. The number of nitrogens with two attached hydrogens (primary N) is 1. The first-order valence-corrected chi connectivity index (χ1v) is 14.5. The predicted octanol–water partition coefficient (Wildman–Crippen LogP) is 4.10. The highest BCUT2D eigenvalue weighted by atomic mass is 16.5. The summed E-state index contributed by atoms with van der Waals surface area (Å²) in [5.41, 5.74) is 13.3. The number of hydrogen-bond donors (Lipinski definition) is 3. The van der Waals surface area contributed by atoms with Crippen molar-refractivity contribution in [3.8, 4) is 5.75 Å². The summed E-state index contributed by atoms with van der Waals surface area (Å²) in [7, 11) is 3.95. The van der Waals surface area contributed by atoms with Gasteiger partial charge in [-0.3, -0.25) is 10.00 Å². The molecule has 2 saturated heterocycles. The van der Waals surface area contributed by atoms with Crippen LogP contribution in [0.25, 0.3) is 5.57 Å². The van der Waals surface area contributed by atoms with Gasteiger partial charge in [-0.1, -0.05) is 19.6 Å². The number of methoxy groups -OCH3 is 1. The Labute approximate surface area is 243 Å². The first-order chi connectivity index (χ1) is 19.9. The van der Waals surface area contributed by atoms with Crippen molar-refractivity contribution in [2.24, 2.45) is 15.7 Å². The van der Waals surface area contributed by atoms with Crippen molar-refractivity contribution in [2.45, 2.75) is 39.2 Å². The average Bonchev–Trinajstić information content (AvgIpc) is 3.50. The molecule has 0 unspecified atom stereocenters. The molecule has 5 rings (SSSR count). The number of hydrogen-bond acceptors (Lipinski definition) is 9. The number of piperazine rings is 1. The van der Waals surface area contributed by atoms with Gasteiger partial charge < -0.3 is 25.6 Å². The number of likely N-dealkylation sites (N-methyl/N-ethyl adjacent to an activating group) is 1. The van der Waals surface area contributed by atoms with Gasteiger partial charge in [0, 0.05) is 74.6 Å². The number of benzene rings is 1. The molecule has 1 aromatic carbocycles. The van der Waals surface area contributed by atoms with Crippen molar-refractivity contribution in [2.75, 3.05) is 63.6 Å². The van der Waals surface area contributed by atoms with Gasteiger partial charge in [-0.15, -0.1) is 0 Å². The lowest BCUT2D eigenvalue weighted by molar-refractivity contribution is 0.0981. The van der Waals surface area contributed by atoms with Crippen molar-refractivity contribution in [1.29, 1.82) is 0 Å². The van der Waals surface area contributed by atoms with E-state index in [-0.39, 0.29) is 0 Å². The Hall–Kier alpha value is -3.89. The maximum absolute atomic E-state index is 6.32. The van der Waals surface area contributed by atoms with Crippen LogP contribution in [0.3, 0.4) is 0 Å². The summed E-state index contributed by atoms with van der Waals surface area (Å²) in [6, 6.07) is 7.03. The zero-order chi connectivity index (χ0) is 28.9. The number of H-pyrrole nitrogens is 1. The van der Waals surface area contributed by atoms with Gasteiger partial charge in [0.25, 0.3) is 0 Å². The van der Waals surface area contributed by atoms with E-state index < -0.39 is 0 Å². The lowest BCUT2D eigenvalue weighted by Gasteiger charge is -2.42. The zero-order valence-corrected chi connectivity index (χ0v) is 24.8. The van der Waals surface area contributed by atoms with E-state index in [9.17, 15) is 0 Å². The molecule has 0 amide bonds. The van der Waals surface area contributed by atoms with Gasteiger partial charge in [-0.05, 0) is 50.9 Å². The molecule has 0 bridgehead atoms. The Kier molecular flexibility index (Phi) is 8.90. The SMILES string of the molecule is C=C1C(c2ccc(N3CCC(N4CCN(C)CC4)CC3)c(OC)c2)=CN=C(N)/C1=N/C(CC)=C(\C)Nc1cn[nH]c1. The molecule has 3 aliphatic rings. The van der Waals surface area contributed by atoms with Crippen LogP contribution in [0.4, 0.5) is 11.4 Å². The summed E-state index contributed by atoms with van der Waals surface area (Å²) in [6.45, 7) is 15.2. The van der Waals surface area contributed by atoms with E-state index >= 15 is 0 Å². The molecule has 2 fully saturated rings. The Morgan fingerprint density at radius 1 is 1.20 bits per heavy atom. The molecule has 218 valence electrons. The van der Waals surface area contributed by atoms with E-state index in [4.69, 9.17) is 15.5 Å². The number of ether oxygens (including phenoxy) is 1. The van der Waals surface area contributed by atoms with Crippen molar-refractivity contribution in [1.82, 2.24) is 20.0 Å². The number of rotatable bonds is 8. The molecule has 3 aliphatic heterocycles. The van der Waals surface area contributed by atoms with Gasteiger partial charge in [-0.2, -0.15) is 5.10 Å². The fourth-order valence-electron chi connectivity index (χ4n) is 5.87. The van der Waals surface area contributed by atoms with Gasteiger partial charge in [0.05, 0.1) is 30.4 Å². The number of aromatic nitrogens is 2. The summed E-state index contributed by atoms with van der Waals surface area (Å²) in [6.07, 6.45) is 8.37. The van der Waals surface area contributed by atoms with Crippen LogP contribution in [0.5, 0.6) is 5.75 Å². The van der Waals surface area contributed by atoms with Crippen LogP contribution in [0.2, 0.25) is 0 Å². The number of allylic oxidation sites excluding steroid dienone is 3. The van der Waals surface area contributed by atoms with Crippen LogP contribution in [-0.4, -0.2) is 91.0 Å². The van der Waals surface area contributed by atoms with E-state index in [0.717, 1.165) is 71.4 Å². The molecule has 0 atom stereocenters. The third-order valence-corrected chi connectivity index (χ3v) is 8.38. The summed E-state index contributed by atoms with van der Waals surface area (Å²) in [5, 5.41) is 10.1. The maximum Gasteiger partial charge on any atom is 0.149 e. The molecular weight excluding hydrogens is 514 g/mol. The Bertz CT molecular complexity index is 1360. The fraction of sp³-hybridized carbons (Fsp3) is 0.452. The molecule has 1 aromatic heterocycles. The lowest BCUT2D eigenvalue weighted by Crippen LogP contribution is -2.52. The normalized spacial score (nSPS) is 21.0.